The third-order valence-corrected chi connectivity index (χ3v) is 11.4. The van der Waals surface area contributed by atoms with Crippen LogP contribution in [0.3, 0.4) is 0 Å². The minimum Gasteiger partial charge on any atom is -0.359 e. The fourth-order valence-electron chi connectivity index (χ4n) is 9.64. The Morgan fingerprint density at radius 2 is 2.03 bits per heavy atom. The van der Waals surface area contributed by atoms with E-state index in [-0.39, 0.29) is 16.6 Å². The zero-order valence-electron chi connectivity index (χ0n) is 21.4. The topological polar surface area (TPSA) is 25.4 Å². The summed E-state index contributed by atoms with van der Waals surface area (Å²) in [6.45, 7) is 4.09. The first-order chi connectivity index (χ1) is 17.5. The molecule has 3 aliphatic heterocycles. The highest BCUT2D eigenvalue weighted by atomic mass is 19.1. The van der Waals surface area contributed by atoms with Crippen LogP contribution in [-0.4, -0.2) is 46.4 Å². The van der Waals surface area contributed by atoms with Gasteiger partial charge in [0, 0.05) is 36.9 Å². The standard InChI is InChI=1S/C32H37FN2O/c1-30-11-8-25-17-24-4-5-27(35-15-10-26(33)20-35)18-31(24)12-13-32(25,36-31)29(30)7-6-28(30)22-3-2-21-9-14-34-19-23(21)16-22/h2-3,8-9,14,16-17,19,26-29H,4-7,10-13,15,18,20H2,1H3/t26-,27?,28?,29+,30?,31+,32+/m0/s1. The Hall–Kier alpha value is -2.04. The zero-order chi connectivity index (χ0) is 24.1. The smallest absolute Gasteiger partial charge is 0.114 e. The largest absolute Gasteiger partial charge is 0.359 e. The minimum absolute atomic E-state index is 0.111. The van der Waals surface area contributed by atoms with Gasteiger partial charge >= 0.3 is 0 Å². The Bertz CT molecular complexity index is 1300. The summed E-state index contributed by atoms with van der Waals surface area (Å²) >= 11 is 0. The van der Waals surface area contributed by atoms with Gasteiger partial charge < -0.3 is 4.74 Å². The van der Waals surface area contributed by atoms with Crippen LogP contribution in [0.2, 0.25) is 0 Å². The van der Waals surface area contributed by atoms with Crippen LogP contribution in [0.15, 0.2) is 60.0 Å². The first-order valence-electron chi connectivity index (χ1n) is 14.3. The van der Waals surface area contributed by atoms with Crippen molar-refractivity contribution < 1.29 is 9.13 Å². The zero-order valence-corrected chi connectivity index (χ0v) is 21.4. The van der Waals surface area contributed by atoms with Crippen LogP contribution >= 0.6 is 0 Å². The molecule has 2 spiro atoms. The maximum absolute atomic E-state index is 14.0. The molecule has 2 aromatic rings. The molecule has 0 amide bonds. The Morgan fingerprint density at radius 1 is 1.08 bits per heavy atom. The van der Waals surface area contributed by atoms with E-state index >= 15 is 0 Å². The summed E-state index contributed by atoms with van der Waals surface area (Å²) in [7, 11) is 0. The van der Waals surface area contributed by atoms with Crippen LogP contribution < -0.4 is 0 Å². The molecule has 4 heteroatoms. The molecule has 0 N–H and O–H groups in total. The van der Waals surface area contributed by atoms with E-state index in [1.807, 2.05) is 12.4 Å². The number of alkyl halides is 1. The molecule has 7 atom stereocenters. The number of halogens is 1. The number of nitrogens with zero attached hydrogens (tertiary/aromatic N) is 2. The lowest BCUT2D eigenvalue weighted by atomic mass is 9.58. The van der Waals surface area contributed by atoms with Gasteiger partial charge in [-0.05, 0) is 109 Å². The lowest BCUT2D eigenvalue weighted by Crippen LogP contribution is -2.55. The van der Waals surface area contributed by atoms with Gasteiger partial charge in [0.25, 0.3) is 0 Å². The number of fused-ring (bicyclic) bond motifs is 2. The quantitative estimate of drug-likeness (QED) is 0.464. The van der Waals surface area contributed by atoms with E-state index in [0.717, 1.165) is 45.1 Å². The van der Waals surface area contributed by atoms with Gasteiger partial charge in [0.05, 0.1) is 11.2 Å². The number of benzene rings is 1. The second kappa shape index (κ2) is 7.51. The molecule has 4 fully saturated rings. The van der Waals surface area contributed by atoms with Crippen molar-refractivity contribution in [3.63, 3.8) is 0 Å². The van der Waals surface area contributed by atoms with Crippen LogP contribution in [0.4, 0.5) is 4.39 Å². The van der Waals surface area contributed by atoms with Crippen molar-refractivity contribution in [2.24, 2.45) is 11.3 Å². The number of allylic oxidation sites excluding steroid dienone is 1. The van der Waals surface area contributed by atoms with E-state index in [2.05, 4.69) is 53.2 Å². The van der Waals surface area contributed by atoms with E-state index in [0.29, 0.717) is 30.8 Å². The van der Waals surface area contributed by atoms with Gasteiger partial charge in [-0.2, -0.15) is 0 Å². The van der Waals surface area contributed by atoms with Crippen LogP contribution in [0, 0.1) is 11.3 Å². The molecule has 2 saturated heterocycles. The number of likely N-dealkylation sites (tertiary alicyclic amines) is 1. The normalized spacial score (nSPS) is 43.6. The fourth-order valence-corrected chi connectivity index (χ4v) is 9.64. The second-order valence-electron chi connectivity index (χ2n) is 13.0. The van der Waals surface area contributed by atoms with Crippen molar-refractivity contribution in [2.75, 3.05) is 13.1 Å². The van der Waals surface area contributed by atoms with Crippen molar-refractivity contribution in [1.82, 2.24) is 9.88 Å². The highest BCUT2D eigenvalue weighted by molar-refractivity contribution is 5.82. The lowest BCUT2D eigenvalue weighted by Gasteiger charge is -2.55. The molecule has 3 unspecified atom stereocenters. The molecule has 2 saturated carbocycles. The van der Waals surface area contributed by atoms with Crippen molar-refractivity contribution in [2.45, 2.75) is 94.0 Å². The van der Waals surface area contributed by atoms with Gasteiger partial charge in [-0.3, -0.25) is 9.88 Å². The lowest BCUT2D eigenvalue weighted by molar-refractivity contribution is -0.140. The highest BCUT2D eigenvalue weighted by Crippen LogP contribution is 2.69. The van der Waals surface area contributed by atoms with E-state index in [9.17, 15) is 4.39 Å². The summed E-state index contributed by atoms with van der Waals surface area (Å²) in [5, 5.41) is 2.52. The van der Waals surface area contributed by atoms with Gasteiger partial charge in [0.2, 0.25) is 0 Å². The SMILES string of the molecule is CC12CC=C3C=C4CCC(N5CC[C@H](F)C5)C[C@]45CC[C@]3(O5)[C@@H]1CCC2c1ccc2ccncc2c1. The molecule has 1 aromatic heterocycles. The van der Waals surface area contributed by atoms with E-state index in [1.165, 1.54) is 40.3 Å². The number of ether oxygens (including phenoxy) is 1. The fraction of sp³-hybridized carbons (Fsp3) is 0.594. The van der Waals surface area contributed by atoms with Crippen molar-refractivity contribution in [1.29, 1.82) is 0 Å². The number of rotatable bonds is 2. The molecule has 3 nitrogen and oxygen atoms in total. The molecular formula is C32H37FN2O. The van der Waals surface area contributed by atoms with Crippen molar-refractivity contribution in [3.05, 3.63) is 65.5 Å². The van der Waals surface area contributed by atoms with Gasteiger partial charge in [-0.1, -0.05) is 31.2 Å². The molecule has 36 heavy (non-hydrogen) atoms. The average Bonchev–Trinajstić information content (AvgIpc) is 3.57. The van der Waals surface area contributed by atoms with Crippen LogP contribution in [0.1, 0.15) is 76.2 Å². The summed E-state index contributed by atoms with van der Waals surface area (Å²) in [6.07, 6.45) is 18.3. The molecule has 2 bridgehead atoms. The molecule has 3 aliphatic carbocycles. The third kappa shape index (κ3) is 2.89. The van der Waals surface area contributed by atoms with Gasteiger partial charge in [-0.25, -0.2) is 4.39 Å². The average molecular weight is 485 g/mol. The van der Waals surface area contributed by atoms with Crippen molar-refractivity contribution >= 4 is 10.8 Å². The van der Waals surface area contributed by atoms with E-state index in [4.69, 9.17) is 4.74 Å². The van der Waals surface area contributed by atoms with Crippen LogP contribution in [0.5, 0.6) is 0 Å². The Kier molecular flexibility index (Phi) is 4.59. The Morgan fingerprint density at radius 3 is 2.92 bits per heavy atom. The maximum Gasteiger partial charge on any atom is 0.114 e. The summed E-state index contributed by atoms with van der Waals surface area (Å²) in [5.74, 6) is 1.11. The first-order valence-corrected chi connectivity index (χ1v) is 14.3. The highest BCUT2D eigenvalue weighted by Gasteiger charge is 2.66. The Labute approximate surface area is 213 Å². The molecular weight excluding hydrogens is 447 g/mol. The predicted octanol–water partition coefficient (Wildman–Crippen LogP) is 6.89. The van der Waals surface area contributed by atoms with Gasteiger partial charge in [0.1, 0.15) is 6.17 Å². The summed E-state index contributed by atoms with van der Waals surface area (Å²) in [5.41, 5.74) is 4.47. The molecule has 1 aromatic carbocycles. The summed E-state index contributed by atoms with van der Waals surface area (Å²) in [4.78, 5) is 6.81. The number of pyridine rings is 1. The molecule has 0 radical (unpaired) electrons. The second-order valence-corrected chi connectivity index (χ2v) is 13.0. The molecule has 4 heterocycles. The predicted molar refractivity (Wildman–Crippen MR) is 141 cm³/mol. The van der Waals surface area contributed by atoms with Gasteiger partial charge in [-0.15, -0.1) is 0 Å². The number of hydrogen-bond donors (Lipinski definition) is 0. The third-order valence-electron chi connectivity index (χ3n) is 11.4. The molecule has 6 aliphatic rings. The Balaban J connectivity index is 1.14. The maximum atomic E-state index is 14.0. The van der Waals surface area contributed by atoms with Crippen LogP contribution in [0.25, 0.3) is 10.8 Å². The van der Waals surface area contributed by atoms with E-state index in [1.54, 1.807) is 0 Å². The summed E-state index contributed by atoms with van der Waals surface area (Å²) in [6, 6.07) is 9.63. The molecule has 8 rings (SSSR count). The van der Waals surface area contributed by atoms with Crippen molar-refractivity contribution in [3.8, 4) is 0 Å². The van der Waals surface area contributed by atoms with Gasteiger partial charge in [0.15, 0.2) is 0 Å². The van der Waals surface area contributed by atoms with E-state index < -0.39 is 6.17 Å². The monoisotopic (exact) mass is 484 g/mol. The first kappa shape index (κ1) is 22.0. The molecule has 188 valence electrons. The van der Waals surface area contributed by atoms with Crippen LogP contribution in [-0.2, 0) is 4.74 Å². The number of aromatic nitrogens is 1. The minimum atomic E-state index is -0.642. The summed E-state index contributed by atoms with van der Waals surface area (Å²) < 4.78 is 21.5. The number of hydrogen-bond acceptors (Lipinski definition) is 3.